The number of carboxylic acids is 1. The SMILES string of the molecule is CC.O=C(O)c1ccccc1C(=O)c1cccs1. The minimum absolute atomic E-state index is 0.0425. The second kappa shape index (κ2) is 6.71. The molecule has 0 amide bonds. The van der Waals surface area contributed by atoms with Gasteiger partial charge in [-0.3, -0.25) is 4.79 Å². The fourth-order valence-corrected chi connectivity index (χ4v) is 2.09. The van der Waals surface area contributed by atoms with Crippen LogP contribution < -0.4 is 0 Å². The Morgan fingerprint density at radius 3 is 2.11 bits per heavy atom. The van der Waals surface area contributed by atoms with Crippen LogP contribution in [0.15, 0.2) is 41.8 Å². The summed E-state index contributed by atoms with van der Waals surface area (Å²) in [4.78, 5) is 23.5. The second-order valence-corrected chi connectivity index (χ2v) is 4.10. The van der Waals surface area contributed by atoms with Crippen LogP contribution in [0.1, 0.15) is 39.4 Å². The van der Waals surface area contributed by atoms with Crippen molar-refractivity contribution in [3.8, 4) is 0 Å². The first-order valence-electron chi connectivity index (χ1n) is 5.60. The monoisotopic (exact) mass is 262 g/mol. The van der Waals surface area contributed by atoms with Gasteiger partial charge in [-0.15, -0.1) is 11.3 Å². The summed E-state index contributed by atoms with van der Waals surface area (Å²) in [6, 6.07) is 9.68. The third-order valence-corrected chi connectivity index (χ3v) is 3.02. The van der Waals surface area contributed by atoms with Crippen molar-refractivity contribution in [1.82, 2.24) is 0 Å². The summed E-state index contributed by atoms with van der Waals surface area (Å²) in [7, 11) is 0. The summed E-state index contributed by atoms with van der Waals surface area (Å²) >= 11 is 1.30. The number of carbonyl (C=O) groups excluding carboxylic acids is 1. The van der Waals surface area contributed by atoms with Crippen LogP contribution >= 0.6 is 11.3 Å². The minimum atomic E-state index is -1.08. The van der Waals surface area contributed by atoms with Crippen molar-refractivity contribution in [2.45, 2.75) is 13.8 Å². The molecule has 0 saturated carbocycles. The topological polar surface area (TPSA) is 54.4 Å². The van der Waals surface area contributed by atoms with Crippen molar-refractivity contribution in [3.63, 3.8) is 0 Å². The molecule has 1 aromatic heterocycles. The van der Waals surface area contributed by atoms with Crippen molar-refractivity contribution in [2.75, 3.05) is 0 Å². The Morgan fingerprint density at radius 1 is 1.00 bits per heavy atom. The molecule has 1 aromatic carbocycles. The zero-order valence-corrected chi connectivity index (χ0v) is 11.0. The van der Waals surface area contributed by atoms with Gasteiger partial charge in [0.2, 0.25) is 5.78 Å². The van der Waals surface area contributed by atoms with Gasteiger partial charge in [-0.2, -0.15) is 0 Å². The lowest BCUT2D eigenvalue weighted by Crippen LogP contribution is -2.08. The third-order valence-electron chi connectivity index (χ3n) is 2.15. The Labute approximate surface area is 110 Å². The van der Waals surface area contributed by atoms with Gasteiger partial charge in [0.25, 0.3) is 0 Å². The van der Waals surface area contributed by atoms with E-state index in [-0.39, 0.29) is 16.9 Å². The lowest BCUT2D eigenvalue weighted by Gasteiger charge is -2.02. The molecule has 0 aliphatic rings. The maximum Gasteiger partial charge on any atom is 0.336 e. The van der Waals surface area contributed by atoms with Gasteiger partial charge in [-0.05, 0) is 17.5 Å². The lowest BCUT2D eigenvalue weighted by molar-refractivity contribution is 0.0693. The largest absolute Gasteiger partial charge is 0.478 e. The molecule has 0 saturated heterocycles. The van der Waals surface area contributed by atoms with Gasteiger partial charge in [0.15, 0.2) is 0 Å². The molecular weight excluding hydrogens is 248 g/mol. The fourth-order valence-electron chi connectivity index (χ4n) is 1.41. The number of aromatic carboxylic acids is 1. The summed E-state index contributed by atoms with van der Waals surface area (Å²) < 4.78 is 0. The molecule has 2 rings (SSSR count). The third kappa shape index (κ3) is 3.05. The first-order valence-corrected chi connectivity index (χ1v) is 6.48. The van der Waals surface area contributed by atoms with Crippen LogP contribution in [0, 0.1) is 0 Å². The summed E-state index contributed by atoms with van der Waals surface area (Å²) in [6.45, 7) is 4.00. The summed E-state index contributed by atoms with van der Waals surface area (Å²) in [6.07, 6.45) is 0. The number of carboxylic acid groups (broad SMARTS) is 1. The summed E-state index contributed by atoms with van der Waals surface area (Å²) in [5.41, 5.74) is 0.276. The van der Waals surface area contributed by atoms with E-state index in [9.17, 15) is 9.59 Å². The number of carbonyl (C=O) groups is 2. The fraction of sp³-hybridized carbons (Fsp3) is 0.143. The Balaban J connectivity index is 0.000000771. The molecule has 0 spiro atoms. The van der Waals surface area contributed by atoms with Crippen LogP contribution in [-0.2, 0) is 0 Å². The number of ketones is 1. The average molecular weight is 262 g/mol. The van der Waals surface area contributed by atoms with Crippen LogP contribution in [0.4, 0.5) is 0 Å². The van der Waals surface area contributed by atoms with Gasteiger partial charge < -0.3 is 5.11 Å². The molecular formula is C14H14O3S. The molecule has 3 nitrogen and oxygen atoms in total. The van der Waals surface area contributed by atoms with Crippen molar-refractivity contribution < 1.29 is 14.7 Å². The maximum absolute atomic E-state index is 12.0. The molecule has 1 heterocycles. The van der Waals surface area contributed by atoms with Gasteiger partial charge in [-0.25, -0.2) is 4.79 Å². The predicted molar refractivity (Wildman–Crippen MR) is 72.5 cm³/mol. The quantitative estimate of drug-likeness (QED) is 0.858. The first-order chi connectivity index (χ1) is 8.70. The zero-order chi connectivity index (χ0) is 13.5. The number of thiophene rings is 1. The van der Waals surface area contributed by atoms with E-state index >= 15 is 0 Å². The van der Waals surface area contributed by atoms with E-state index in [0.29, 0.717) is 4.88 Å². The Morgan fingerprint density at radius 2 is 1.61 bits per heavy atom. The van der Waals surface area contributed by atoms with Gasteiger partial charge in [0.05, 0.1) is 10.4 Å². The predicted octanol–water partition coefficient (Wildman–Crippen LogP) is 3.70. The smallest absolute Gasteiger partial charge is 0.336 e. The van der Waals surface area contributed by atoms with E-state index in [2.05, 4.69) is 0 Å². The highest BCUT2D eigenvalue weighted by atomic mass is 32.1. The van der Waals surface area contributed by atoms with E-state index in [1.54, 1.807) is 29.6 Å². The molecule has 0 unspecified atom stereocenters. The molecule has 94 valence electrons. The number of benzene rings is 1. The Bertz CT molecular complexity index is 530. The molecule has 0 atom stereocenters. The highest BCUT2D eigenvalue weighted by molar-refractivity contribution is 7.12. The van der Waals surface area contributed by atoms with E-state index in [4.69, 9.17) is 5.11 Å². The molecule has 4 heteroatoms. The van der Waals surface area contributed by atoms with Crippen LogP contribution in [-0.4, -0.2) is 16.9 Å². The number of hydrogen-bond donors (Lipinski definition) is 1. The maximum atomic E-state index is 12.0. The van der Waals surface area contributed by atoms with Crippen LogP contribution in [0.3, 0.4) is 0 Å². The van der Waals surface area contributed by atoms with Crippen molar-refractivity contribution in [3.05, 3.63) is 57.8 Å². The molecule has 2 aromatic rings. The molecule has 18 heavy (non-hydrogen) atoms. The standard InChI is InChI=1S/C12H8O3S.C2H6/c13-11(10-6-3-7-16-10)8-4-1-2-5-9(8)12(14)15;1-2/h1-7H,(H,14,15);1-2H3. The highest BCUT2D eigenvalue weighted by Crippen LogP contribution is 2.18. The Hall–Kier alpha value is -1.94. The van der Waals surface area contributed by atoms with Crippen molar-refractivity contribution >= 4 is 23.1 Å². The molecule has 0 aliphatic heterocycles. The van der Waals surface area contributed by atoms with Crippen LogP contribution in [0.25, 0.3) is 0 Å². The second-order valence-electron chi connectivity index (χ2n) is 3.16. The van der Waals surface area contributed by atoms with Crippen molar-refractivity contribution in [2.24, 2.45) is 0 Å². The number of hydrogen-bond acceptors (Lipinski definition) is 3. The number of rotatable bonds is 3. The molecule has 1 N–H and O–H groups in total. The van der Waals surface area contributed by atoms with E-state index < -0.39 is 5.97 Å². The van der Waals surface area contributed by atoms with Crippen LogP contribution in [0.2, 0.25) is 0 Å². The van der Waals surface area contributed by atoms with E-state index in [0.717, 1.165) is 0 Å². The molecule has 0 fully saturated rings. The van der Waals surface area contributed by atoms with Crippen molar-refractivity contribution in [1.29, 1.82) is 0 Å². The Kier molecular flexibility index (Phi) is 5.27. The van der Waals surface area contributed by atoms with E-state index in [1.165, 1.54) is 23.5 Å². The normalized spacial score (nSPS) is 9.22. The highest BCUT2D eigenvalue weighted by Gasteiger charge is 2.17. The average Bonchev–Trinajstić information content (AvgIpc) is 2.94. The van der Waals surface area contributed by atoms with Gasteiger partial charge in [0, 0.05) is 5.56 Å². The first kappa shape index (κ1) is 14.1. The minimum Gasteiger partial charge on any atom is -0.478 e. The zero-order valence-electron chi connectivity index (χ0n) is 10.2. The summed E-state index contributed by atoms with van der Waals surface area (Å²) in [5, 5.41) is 10.8. The summed E-state index contributed by atoms with van der Waals surface area (Å²) in [5.74, 6) is -1.33. The molecule has 0 bridgehead atoms. The van der Waals surface area contributed by atoms with Gasteiger partial charge >= 0.3 is 5.97 Å². The van der Waals surface area contributed by atoms with E-state index in [1.807, 2.05) is 13.8 Å². The molecule has 0 aliphatic carbocycles. The lowest BCUT2D eigenvalue weighted by atomic mass is 10.0. The molecule has 0 radical (unpaired) electrons. The van der Waals surface area contributed by atoms with Gasteiger partial charge in [0.1, 0.15) is 0 Å². The van der Waals surface area contributed by atoms with Gasteiger partial charge in [-0.1, -0.05) is 38.1 Å². The van der Waals surface area contributed by atoms with Crippen LogP contribution in [0.5, 0.6) is 0 Å².